The van der Waals surface area contributed by atoms with Crippen molar-refractivity contribution in [3.8, 4) is 0 Å². The van der Waals surface area contributed by atoms with Gasteiger partial charge in [-0.1, -0.05) is 36.6 Å². The maximum atomic E-state index is 10.4. The molecule has 0 aromatic carbocycles. The molecule has 2 aromatic rings. The third kappa shape index (κ3) is 5.99. The Hall–Kier alpha value is -0.660. The molecule has 0 atom stereocenters. The van der Waals surface area contributed by atoms with Crippen molar-refractivity contribution in [1.82, 2.24) is 9.46 Å². The van der Waals surface area contributed by atoms with Crippen LogP contribution in [0.5, 0.6) is 0 Å². The van der Waals surface area contributed by atoms with E-state index in [-0.39, 0.29) is 29.6 Å². The van der Waals surface area contributed by atoms with Crippen LogP contribution in [0.1, 0.15) is 0 Å². The molecule has 0 fully saturated rings. The normalized spacial score (nSPS) is 8.47. The van der Waals surface area contributed by atoms with E-state index >= 15 is 0 Å². The van der Waals surface area contributed by atoms with Crippen molar-refractivity contribution >= 4 is 24.4 Å². The molecule has 7 heteroatoms. The second-order valence-corrected chi connectivity index (χ2v) is 3.58. The minimum absolute atomic E-state index is 0. The first-order chi connectivity index (χ1) is 7.61. The fraction of sp³-hybridized carbons (Fsp3) is 0. The molecular formula is C10H9N2NaO2S2. The van der Waals surface area contributed by atoms with E-state index < -0.39 is 0 Å². The minimum Gasteiger partial charge on any atom is -0.805 e. The molecule has 0 aliphatic carbocycles. The molecule has 2 aromatic heterocycles. The molecule has 0 radical (unpaired) electrons. The van der Waals surface area contributed by atoms with Gasteiger partial charge in [0.1, 0.15) is 9.28 Å². The van der Waals surface area contributed by atoms with E-state index in [1.807, 2.05) is 0 Å². The molecular weight excluding hydrogens is 267 g/mol. The molecule has 84 valence electrons. The van der Waals surface area contributed by atoms with Gasteiger partial charge in [0.2, 0.25) is 0 Å². The summed E-state index contributed by atoms with van der Waals surface area (Å²) in [6, 6.07) is 10.1. The Morgan fingerprint density at radius 2 is 1.47 bits per heavy atom. The summed E-state index contributed by atoms with van der Waals surface area (Å²) in [5, 5.41) is 19.2. The molecule has 0 amide bonds. The average molecular weight is 276 g/mol. The van der Waals surface area contributed by atoms with Crippen LogP contribution in [-0.2, 0) is 0 Å². The van der Waals surface area contributed by atoms with E-state index in [1.54, 1.807) is 36.4 Å². The van der Waals surface area contributed by atoms with Gasteiger partial charge in [-0.25, -0.2) is 0 Å². The zero-order valence-electron chi connectivity index (χ0n) is 9.19. The standard InChI is InChI=1S/C5H5NOS.C5H4NOS.Na/c2*7-6-4-2-1-3-5(6)8;/h1-4,7H;1-4H;/q;-1;+1. The summed E-state index contributed by atoms with van der Waals surface area (Å²) in [6.45, 7) is 0. The molecule has 0 aliphatic heterocycles. The Labute approximate surface area is 131 Å². The number of hydrogen-bond acceptors (Lipinski definition) is 4. The van der Waals surface area contributed by atoms with Gasteiger partial charge in [-0.3, -0.25) is 0 Å². The van der Waals surface area contributed by atoms with Crippen molar-refractivity contribution in [3.63, 3.8) is 0 Å². The SMILES string of the molecule is On1ccccc1=S.[Na+].[O-]n1ccccc1=S. The first kappa shape index (κ1) is 16.3. The number of hydrogen-bond donors (Lipinski definition) is 1. The summed E-state index contributed by atoms with van der Waals surface area (Å²) < 4.78 is 2.28. The fourth-order valence-electron chi connectivity index (χ4n) is 0.832. The minimum atomic E-state index is 0. The van der Waals surface area contributed by atoms with Gasteiger partial charge in [0, 0.05) is 6.20 Å². The molecule has 0 spiro atoms. The van der Waals surface area contributed by atoms with E-state index in [0.717, 1.165) is 4.73 Å². The van der Waals surface area contributed by atoms with Gasteiger partial charge in [-0.2, -0.15) is 4.73 Å². The van der Waals surface area contributed by atoms with E-state index in [9.17, 15) is 5.21 Å². The van der Waals surface area contributed by atoms with E-state index in [1.165, 1.54) is 12.4 Å². The van der Waals surface area contributed by atoms with Crippen LogP contribution in [0.2, 0.25) is 0 Å². The second-order valence-electron chi connectivity index (χ2n) is 2.75. The van der Waals surface area contributed by atoms with Gasteiger partial charge in [0.05, 0.1) is 0 Å². The average Bonchev–Trinajstić information content (AvgIpc) is 2.28. The molecule has 4 nitrogen and oxygen atoms in total. The molecule has 2 heterocycles. The number of aromatic nitrogens is 2. The Balaban J connectivity index is 0.000000284. The summed E-state index contributed by atoms with van der Waals surface area (Å²) in [4.78, 5) is 0. The number of pyridine rings is 2. The third-order valence-corrected chi connectivity index (χ3v) is 2.23. The summed E-state index contributed by atoms with van der Waals surface area (Å²) in [5.74, 6) is 0. The Bertz CT molecular complexity index is 517. The summed E-state index contributed by atoms with van der Waals surface area (Å²) >= 11 is 9.27. The molecule has 0 unspecified atom stereocenters. The molecule has 0 aliphatic rings. The van der Waals surface area contributed by atoms with Gasteiger partial charge < -0.3 is 15.1 Å². The predicted molar refractivity (Wildman–Crippen MR) is 66.5 cm³/mol. The largest absolute Gasteiger partial charge is 1.00 e. The van der Waals surface area contributed by atoms with E-state index in [4.69, 9.17) is 5.21 Å². The topological polar surface area (TPSA) is 53.1 Å². The molecule has 2 rings (SSSR count). The quantitative estimate of drug-likeness (QED) is 0.419. The van der Waals surface area contributed by atoms with Crippen LogP contribution < -0.4 is 29.6 Å². The first-order valence-electron chi connectivity index (χ1n) is 4.33. The summed E-state index contributed by atoms with van der Waals surface area (Å²) in [6.07, 6.45) is 2.87. The van der Waals surface area contributed by atoms with Crippen molar-refractivity contribution in [2.45, 2.75) is 0 Å². The van der Waals surface area contributed by atoms with Crippen molar-refractivity contribution in [1.29, 1.82) is 0 Å². The van der Waals surface area contributed by atoms with Gasteiger partial charge in [-0.15, -0.1) is 0 Å². The van der Waals surface area contributed by atoms with Crippen LogP contribution in [0.3, 0.4) is 0 Å². The monoisotopic (exact) mass is 276 g/mol. The van der Waals surface area contributed by atoms with Crippen molar-refractivity contribution in [3.05, 3.63) is 63.3 Å². The van der Waals surface area contributed by atoms with Gasteiger partial charge >= 0.3 is 29.6 Å². The molecule has 0 bridgehead atoms. The van der Waals surface area contributed by atoms with Gasteiger partial charge in [0.15, 0.2) is 0 Å². The van der Waals surface area contributed by atoms with Crippen LogP contribution in [-0.4, -0.2) is 14.7 Å². The molecule has 0 saturated carbocycles. The maximum absolute atomic E-state index is 10.4. The van der Waals surface area contributed by atoms with E-state index in [2.05, 4.69) is 24.4 Å². The van der Waals surface area contributed by atoms with Crippen molar-refractivity contribution in [2.24, 2.45) is 0 Å². The summed E-state index contributed by atoms with van der Waals surface area (Å²) in [5.41, 5.74) is 0. The Morgan fingerprint density at radius 3 is 1.76 bits per heavy atom. The molecule has 0 saturated heterocycles. The third-order valence-electron chi connectivity index (χ3n) is 1.59. The zero-order chi connectivity index (χ0) is 12.0. The van der Waals surface area contributed by atoms with Gasteiger partial charge in [0.25, 0.3) is 0 Å². The van der Waals surface area contributed by atoms with Crippen LogP contribution in [0, 0.1) is 14.5 Å². The van der Waals surface area contributed by atoms with Crippen molar-refractivity contribution in [2.75, 3.05) is 0 Å². The second kappa shape index (κ2) is 8.43. The predicted octanol–water partition coefficient (Wildman–Crippen LogP) is 0.0224. The molecule has 1 N–H and O–H groups in total. The first-order valence-corrected chi connectivity index (χ1v) is 5.15. The fourth-order valence-corrected chi connectivity index (χ4v) is 1.11. The summed E-state index contributed by atoms with van der Waals surface area (Å²) in [7, 11) is 0. The van der Waals surface area contributed by atoms with Crippen molar-refractivity contribution < 1.29 is 34.8 Å². The number of nitrogens with zero attached hydrogens (tertiary/aromatic N) is 2. The smallest absolute Gasteiger partial charge is 0.805 e. The van der Waals surface area contributed by atoms with Gasteiger partial charge in [-0.05, 0) is 30.5 Å². The number of rotatable bonds is 0. The van der Waals surface area contributed by atoms with Crippen LogP contribution in [0.15, 0.2) is 48.8 Å². The zero-order valence-corrected chi connectivity index (χ0v) is 12.8. The maximum Gasteiger partial charge on any atom is 1.00 e. The Morgan fingerprint density at radius 1 is 0.941 bits per heavy atom. The van der Waals surface area contributed by atoms with Crippen LogP contribution in [0.25, 0.3) is 0 Å². The van der Waals surface area contributed by atoms with Crippen LogP contribution >= 0.6 is 24.4 Å². The molecule has 17 heavy (non-hydrogen) atoms. The Kier molecular flexibility index (Phi) is 8.11. The van der Waals surface area contributed by atoms with E-state index in [0.29, 0.717) is 14.0 Å². The van der Waals surface area contributed by atoms with Crippen LogP contribution in [0.4, 0.5) is 0 Å².